The van der Waals surface area contributed by atoms with Crippen molar-refractivity contribution in [3.63, 3.8) is 0 Å². The van der Waals surface area contributed by atoms with E-state index in [9.17, 15) is 9.59 Å². The molecular formula is C17H21N3O2. The molecule has 0 aromatic carbocycles. The van der Waals surface area contributed by atoms with Crippen LogP contribution in [0.1, 0.15) is 46.7 Å². The third-order valence-corrected chi connectivity index (χ3v) is 4.39. The molecule has 0 saturated carbocycles. The van der Waals surface area contributed by atoms with Gasteiger partial charge >= 0.3 is 0 Å². The molecule has 2 aromatic rings. The van der Waals surface area contributed by atoms with Gasteiger partial charge < -0.3 is 14.5 Å². The molecule has 0 aliphatic carbocycles. The first kappa shape index (κ1) is 14.6. The molecule has 0 radical (unpaired) electrons. The molecule has 1 amide bonds. The molecule has 5 heteroatoms. The summed E-state index contributed by atoms with van der Waals surface area (Å²) in [6.07, 6.45) is 2.88. The maximum atomic E-state index is 13.0. The SMILES string of the molecule is CC[C@H]1c2cccn2CCN1C(=O)c1c(C)cc(C)[nH]c1=O. The predicted molar refractivity (Wildman–Crippen MR) is 85.0 cm³/mol. The van der Waals surface area contributed by atoms with E-state index in [-0.39, 0.29) is 23.1 Å². The minimum Gasteiger partial charge on any atom is -0.348 e. The van der Waals surface area contributed by atoms with Gasteiger partial charge in [0.15, 0.2) is 0 Å². The van der Waals surface area contributed by atoms with Crippen LogP contribution in [0, 0.1) is 13.8 Å². The highest BCUT2D eigenvalue weighted by Crippen LogP contribution is 2.29. The molecule has 0 saturated heterocycles. The van der Waals surface area contributed by atoms with Crippen molar-refractivity contribution in [2.75, 3.05) is 6.54 Å². The summed E-state index contributed by atoms with van der Waals surface area (Å²) in [6.45, 7) is 7.12. The minimum atomic E-state index is -0.293. The number of rotatable bonds is 2. The smallest absolute Gasteiger partial charge is 0.261 e. The van der Waals surface area contributed by atoms with Gasteiger partial charge in [-0.15, -0.1) is 0 Å². The molecule has 116 valence electrons. The van der Waals surface area contributed by atoms with Crippen LogP contribution in [-0.4, -0.2) is 26.9 Å². The minimum absolute atomic E-state index is 0.0244. The predicted octanol–water partition coefficient (Wildman–Crippen LogP) is 2.40. The van der Waals surface area contributed by atoms with Crippen LogP contribution in [0.4, 0.5) is 0 Å². The first-order chi connectivity index (χ1) is 10.5. The van der Waals surface area contributed by atoms with Crippen molar-refractivity contribution in [3.05, 3.63) is 57.3 Å². The molecule has 3 heterocycles. The monoisotopic (exact) mass is 299 g/mol. The fraction of sp³-hybridized carbons (Fsp3) is 0.412. The number of amides is 1. The van der Waals surface area contributed by atoms with E-state index in [2.05, 4.69) is 22.5 Å². The van der Waals surface area contributed by atoms with Crippen LogP contribution in [0.5, 0.6) is 0 Å². The molecule has 0 spiro atoms. The Balaban J connectivity index is 2.01. The van der Waals surface area contributed by atoms with Gasteiger partial charge in [-0.1, -0.05) is 6.92 Å². The van der Waals surface area contributed by atoms with Gasteiger partial charge in [0.1, 0.15) is 5.56 Å². The molecule has 0 bridgehead atoms. The topological polar surface area (TPSA) is 58.1 Å². The Morgan fingerprint density at radius 3 is 2.82 bits per heavy atom. The van der Waals surface area contributed by atoms with E-state index in [4.69, 9.17) is 0 Å². The van der Waals surface area contributed by atoms with Gasteiger partial charge in [-0.05, 0) is 44.0 Å². The van der Waals surface area contributed by atoms with E-state index in [0.717, 1.165) is 29.9 Å². The van der Waals surface area contributed by atoms with Crippen molar-refractivity contribution in [2.45, 2.75) is 39.8 Å². The van der Waals surface area contributed by atoms with Crippen molar-refractivity contribution in [1.29, 1.82) is 0 Å². The number of hydrogen-bond acceptors (Lipinski definition) is 2. The van der Waals surface area contributed by atoms with E-state index in [1.165, 1.54) is 0 Å². The van der Waals surface area contributed by atoms with E-state index >= 15 is 0 Å². The molecular weight excluding hydrogens is 278 g/mol. The lowest BCUT2D eigenvalue weighted by molar-refractivity contribution is 0.0615. The number of nitrogens with zero attached hydrogens (tertiary/aromatic N) is 2. The Bertz CT molecular complexity index is 772. The fourth-order valence-electron chi connectivity index (χ4n) is 3.40. The van der Waals surface area contributed by atoms with E-state index < -0.39 is 0 Å². The number of hydrogen-bond donors (Lipinski definition) is 1. The molecule has 1 aliphatic rings. The number of aromatic amines is 1. The van der Waals surface area contributed by atoms with Crippen LogP contribution < -0.4 is 5.56 Å². The van der Waals surface area contributed by atoms with Gasteiger partial charge in [-0.25, -0.2) is 0 Å². The number of H-pyrrole nitrogens is 1. The number of pyridine rings is 1. The highest BCUT2D eigenvalue weighted by molar-refractivity contribution is 5.95. The molecule has 0 fully saturated rings. The second-order valence-electron chi connectivity index (χ2n) is 5.89. The summed E-state index contributed by atoms with van der Waals surface area (Å²) in [4.78, 5) is 29.8. The average Bonchev–Trinajstić information content (AvgIpc) is 2.93. The standard InChI is InChI=1S/C17H21N3O2/c1-4-13-14-6-5-7-19(14)8-9-20(13)17(22)15-11(2)10-12(3)18-16(15)21/h5-7,10,13H,4,8-9H2,1-3H3,(H,18,21)/t13-/m0/s1. The zero-order chi connectivity index (χ0) is 15.9. The molecule has 1 atom stereocenters. The van der Waals surface area contributed by atoms with Gasteiger partial charge in [0, 0.05) is 30.7 Å². The summed E-state index contributed by atoms with van der Waals surface area (Å²) >= 11 is 0. The first-order valence-electron chi connectivity index (χ1n) is 7.69. The largest absolute Gasteiger partial charge is 0.348 e. The van der Waals surface area contributed by atoms with Gasteiger partial charge in [0.05, 0.1) is 6.04 Å². The van der Waals surface area contributed by atoms with Crippen molar-refractivity contribution in [1.82, 2.24) is 14.5 Å². The summed E-state index contributed by atoms with van der Waals surface area (Å²) in [6, 6.07) is 5.94. The van der Waals surface area contributed by atoms with E-state index in [0.29, 0.717) is 6.54 Å². The normalized spacial score (nSPS) is 17.4. The summed E-state index contributed by atoms with van der Waals surface area (Å²) in [7, 11) is 0. The molecule has 0 unspecified atom stereocenters. The summed E-state index contributed by atoms with van der Waals surface area (Å²) < 4.78 is 2.18. The molecule has 2 aromatic heterocycles. The van der Waals surface area contributed by atoms with E-state index in [1.54, 1.807) is 0 Å². The summed E-state index contributed by atoms with van der Waals surface area (Å²) in [5.41, 5.74) is 2.63. The van der Waals surface area contributed by atoms with Crippen molar-refractivity contribution in [3.8, 4) is 0 Å². The molecule has 22 heavy (non-hydrogen) atoms. The molecule has 1 aliphatic heterocycles. The van der Waals surface area contributed by atoms with Gasteiger partial charge in [-0.3, -0.25) is 9.59 Å². The lowest BCUT2D eigenvalue weighted by Crippen LogP contribution is -2.43. The Morgan fingerprint density at radius 2 is 2.14 bits per heavy atom. The number of carbonyl (C=O) groups excluding carboxylic acids is 1. The lowest BCUT2D eigenvalue weighted by atomic mass is 10.0. The average molecular weight is 299 g/mol. The van der Waals surface area contributed by atoms with Crippen LogP contribution >= 0.6 is 0 Å². The van der Waals surface area contributed by atoms with Gasteiger partial charge in [0.25, 0.3) is 11.5 Å². The molecule has 1 N–H and O–H groups in total. The van der Waals surface area contributed by atoms with Crippen molar-refractivity contribution < 1.29 is 4.79 Å². The Kier molecular flexibility index (Phi) is 3.64. The maximum absolute atomic E-state index is 13.0. The first-order valence-corrected chi connectivity index (χ1v) is 7.69. The summed E-state index contributed by atoms with van der Waals surface area (Å²) in [5, 5.41) is 0. The fourth-order valence-corrected chi connectivity index (χ4v) is 3.40. The van der Waals surface area contributed by atoms with Crippen LogP contribution in [0.3, 0.4) is 0 Å². The maximum Gasteiger partial charge on any atom is 0.261 e. The number of aryl methyl sites for hydroxylation is 2. The zero-order valence-corrected chi connectivity index (χ0v) is 13.2. The van der Waals surface area contributed by atoms with Crippen molar-refractivity contribution in [2.24, 2.45) is 0 Å². The van der Waals surface area contributed by atoms with Crippen molar-refractivity contribution >= 4 is 5.91 Å². The van der Waals surface area contributed by atoms with Crippen LogP contribution in [0.2, 0.25) is 0 Å². The number of nitrogens with one attached hydrogen (secondary N) is 1. The number of fused-ring (bicyclic) bond motifs is 1. The molecule has 3 rings (SSSR count). The summed E-state index contributed by atoms with van der Waals surface area (Å²) in [5.74, 6) is -0.168. The van der Waals surface area contributed by atoms with Gasteiger partial charge in [0.2, 0.25) is 0 Å². The second kappa shape index (κ2) is 5.48. The highest BCUT2D eigenvalue weighted by atomic mass is 16.2. The Hall–Kier alpha value is -2.30. The van der Waals surface area contributed by atoms with E-state index in [1.807, 2.05) is 37.1 Å². The van der Waals surface area contributed by atoms with Crippen LogP contribution in [0.25, 0.3) is 0 Å². The van der Waals surface area contributed by atoms with Crippen LogP contribution in [-0.2, 0) is 6.54 Å². The third kappa shape index (κ3) is 2.26. The second-order valence-corrected chi connectivity index (χ2v) is 5.89. The Morgan fingerprint density at radius 1 is 1.36 bits per heavy atom. The van der Waals surface area contributed by atoms with Crippen LogP contribution in [0.15, 0.2) is 29.2 Å². The third-order valence-electron chi connectivity index (χ3n) is 4.39. The lowest BCUT2D eigenvalue weighted by Gasteiger charge is -2.36. The number of aromatic nitrogens is 2. The quantitative estimate of drug-likeness (QED) is 0.925. The molecule has 5 nitrogen and oxygen atoms in total. The number of carbonyl (C=O) groups is 1. The Labute approximate surface area is 129 Å². The highest BCUT2D eigenvalue weighted by Gasteiger charge is 2.31. The van der Waals surface area contributed by atoms with Gasteiger partial charge in [-0.2, -0.15) is 0 Å². The zero-order valence-electron chi connectivity index (χ0n) is 13.2.